The molecule has 92 valence electrons. The minimum Gasteiger partial charge on any atom is -0.445 e. The Bertz CT molecular complexity index is 460. The number of ether oxygens (including phenoxy) is 1. The van der Waals surface area contributed by atoms with Crippen LogP contribution in [0.5, 0.6) is 0 Å². The maximum absolute atomic E-state index is 12.8. The van der Waals surface area contributed by atoms with E-state index in [1.807, 2.05) is 0 Å². The van der Waals surface area contributed by atoms with Crippen LogP contribution >= 0.6 is 0 Å². The molecule has 1 aliphatic heterocycles. The number of para-hydroxylation sites is 1. The van der Waals surface area contributed by atoms with Crippen LogP contribution < -0.4 is 5.32 Å². The summed E-state index contributed by atoms with van der Waals surface area (Å²) in [6.45, 7) is -1.17. The zero-order valence-corrected chi connectivity index (χ0v) is 8.41. The number of hydrogen-bond donors (Lipinski definition) is 2. The van der Waals surface area contributed by atoms with E-state index < -0.39 is 30.0 Å². The molecule has 0 aliphatic carbocycles. The molecule has 0 saturated heterocycles. The van der Waals surface area contributed by atoms with Gasteiger partial charge < -0.3 is 9.84 Å². The van der Waals surface area contributed by atoms with Gasteiger partial charge in [0.15, 0.2) is 0 Å². The number of hydrogen-bond acceptors (Lipinski definition) is 3. The van der Waals surface area contributed by atoms with Crippen molar-refractivity contribution in [1.82, 2.24) is 0 Å². The predicted octanol–water partition coefficient (Wildman–Crippen LogP) is 2.00. The summed E-state index contributed by atoms with van der Waals surface area (Å²) in [5, 5.41) is 11.8. The standard InChI is InChI=1S/C10H8F3NO3/c11-10(12,13)9(16)5-17-8(15)14-7-4-2-1-3-6(7)9/h1-4,16H,5H2,(H,14,15). The van der Waals surface area contributed by atoms with Crippen LogP contribution in [0.25, 0.3) is 0 Å². The Labute approximate surface area is 94.0 Å². The van der Waals surface area contributed by atoms with Crippen LogP contribution in [0.15, 0.2) is 24.3 Å². The highest BCUT2D eigenvalue weighted by molar-refractivity contribution is 5.87. The van der Waals surface area contributed by atoms with Gasteiger partial charge in [-0.1, -0.05) is 18.2 Å². The quantitative estimate of drug-likeness (QED) is 0.737. The Morgan fingerprint density at radius 1 is 1.35 bits per heavy atom. The fraction of sp³-hybridized carbons (Fsp3) is 0.300. The highest BCUT2D eigenvalue weighted by Crippen LogP contribution is 2.43. The van der Waals surface area contributed by atoms with Crippen LogP contribution in [0.4, 0.5) is 23.7 Å². The Kier molecular flexibility index (Phi) is 2.50. The largest absolute Gasteiger partial charge is 0.445 e. The first-order valence-corrected chi connectivity index (χ1v) is 4.67. The van der Waals surface area contributed by atoms with Crippen molar-refractivity contribution in [3.8, 4) is 0 Å². The lowest BCUT2D eigenvalue weighted by Crippen LogP contribution is -2.45. The average Bonchev–Trinajstić information content (AvgIpc) is 2.37. The zero-order valence-electron chi connectivity index (χ0n) is 8.41. The summed E-state index contributed by atoms with van der Waals surface area (Å²) in [5.74, 6) is 0. The molecule has 17 heavy (non-hydrogen) atoms. The molecule has 1 aromatic rings. The van der Waals surface area contributed by atoms with Gasteiger partial charge in [-0.25, -0.2) is 4.79 Å². The highest BCUT2D eigenvalue weighted by Gasteiger charge is 2.58. The minimum absolute atomic E-state index is 0.116. The molecule has 1 aliphatic rings. The molecule has 0 spiro atoms. The van der Waals surface area contributed by atoms with Crippen LogP contribution in [0.1, 0.15) is 5.56 Å². The third-order valence-electron chi connectivity index (χ3n) is 2.49. The number of fused-ring (bicyclic) bond motifs is 1. The fourth-order valence-electron chi connectivity index (χ4n) is 1.58. The number of nitrogens with one attached hydrogen (secondary N) is 1. The highest BCUT2D eigenvalue weighted by atomic mass is 19.4. The molecule has 0 saturated carbocycles. The van der Waals surface area contributed by atoms with Crippen molar-refractivity contribution < 1.29 is 27.8 Å². The van der Waals surface area contributed by atoms with Crippen molar-refractivity contribution in [2.45, 2.75) is 11.8 Å². The summed E-state index contributed by atoms with van der Waals surface area (Å²) < 4.78 is 42.8. The maximum atomic E-state index is 12.8. The van der Waals surface area contributed by atoms with E-state index in [4.69, 9.17) is 0 Å². The lowest BCUT2D eigenvalue weighted by Gasteiger charge is -2.29. The van der Waals surface area contributed by atoms with Gasteiger partial charge in [0.05, 0.1) is 5.69 Å². The molecular formula is C10H8F3NO3. The SMILES string of the molecule is O=C1Nc2ccccc2C(O)(C(F)(F)F)CO1. The number of benzene rings is 1. The van der Waals surface area contributed by atoms with Crippen LogP contribution in [-0.4, -0.2) is 24.0 Å². The molecule has 2 rings (SSSR count). The van der Waals surface area contributed by atoms with Crippen molar-refractivity contribution in [2.75, 3.05) is 11.9 Å². The van der Waals surface area contributed by atoms with Crippen molar-refractivity contribution in [3.05, 3.63) is 29.8 Å². The van der Waals surface area contributed by atoms with Crippen molar-refractivity contribution in [1.29, 1.82) is 0 Å². The van der Waals surface area contributed by atoms with Crippen LogP contribution in [0.2, 0.25) is 0 Å². The van der Waals surface area contributed by atoms with E-state index in [-0.39, 0.29) is 5.69 Å². The van der Waals surface area contributed by atoms with E-state index in [1.165, 1.54) is 18.2 Å². The van der Waals surface area contributed by atoms with Gasteiger partial charge in [0.25, 0.3) is 0 Å². The summed E-state index contributed by atoms with van der Waals surface area (Å²) in [4.78, 5) is 11.0. The summed E-state index contributed by atoms with van der Waals surface area (Å²) in [6, 6.07) is 5.14. The van der Waals surface area contributed by atoms with Crippen LogP contribution in [0.3, 0.4) is 0 Å². The third-order valence-corrected chi connectivity index (χ3v) is 2.49. The Morgan fingerprint density at radius 2 is 2.00 bits per heavy atom. The Hall–Kier alpha value is -1.76. The van der Waals surface area contributed by atoms with Gasteiger partial charge in [-0.15, -0.1) is 0 Å². The van der Waals surface area contributed by atoms with Crippen molar-refractivity contribution >= 4 is 11.8 Å². The molecule has 4 nitrogen and oxygen atoms in total. The first-order chi connectivity index (χ1) is 7.84. The number of rotatable bonds is 0. The molecule has 1 unspecified atom stereocenters. The molecule has 1 aromatic carbocycles. The number of alkyl halides is 3. The zero-order chi connectivity index (χ0) is 12.7. The van der Waals surface area contributed by atoms with E-state index in [0.29, 0.717) is 0 Å². The van der Waals surface area contributed by atoms with Gasteiger partial charge in [0.2, 0.25) is 5.60 Å². The molecule has 1 heterocycles. The van der Waals surface area contributed by atoms with Gasteiger partial charge in [-0.3, -0.25) is 5.32 Å². The summed E-state index contributed by atoms with van der Waals surface area (Å²) in [6.07, 6.45) is -5.97. The smallest absolute Gasteiger partial charge is 0.424 e. The van der Waals surface area contributed by atoms with E-state index >= 15 is 0 Å². The molecular weight excluding hydrogens is 239 g/mol. The molecule has 1 amide bonds. The van der Waals surface area contributed by atoms with Crippen LogP contribution in [-0.2, 0) is 10.3 Å². The van der Waals surface area contributed by atoms with Gasteiger partial charge >= 0.3 is 12.3 Å². The molecule has 2 N–H and O–H groups in total. The fourth-order valence-corrected chi connectivity index (χ4v) is 1.58. The van der Waals surface area contributed by atoms with E-state index in [9.17, 15) is 23.1 Å². The lowest BCUT2D eigenvalue weighted by molar-refractivity contribution is -0.276. The van der Waals surface area contributed by atoms with E-state index in [1.54, 1.807) is 0 Å². The Morgan fingerprint density at radius 3 is 2.65 bits per heavy atom. The first kappa shape index (κ1) is 11.7. The number of carbonyl (C=O) groups excluding carboxylic acids is 1. The molecule has 0 aromatic heterocycles. The molecule has 0 bridgehead atoms. The minimum atomic E-state index is -4.94. The summed E-state index contributed by atoms with van der Waals surface area (Å²) in [7, 11) is 0. The van der Waals surface area contributed by atoms with Gasteiger partial charge in [-0.2, -0.15) is 13.2 Å². The van der Waals surface area contributed by atoms with Gasteiger partial charge in [0, 0.05) is 5.56 Å². The first-order valence-electron chi connectivity index (χ1n) is 4.67. The van der Waals surface area contributed by atoms with Crippen molar-refractivity contribution in [2.24, 2.45) is 0 Å². The average molecular weight is 247 g/mol. The maximum Gasteiger partial charge on any atom is 0.424 e. The van der Waals surface area contributed by atoms with E-state index in [0.717, 1.165) is 6.07 Å². The Balaban J connectivity index is 2.60. The second-order valence-corrected chi connectivity index (χ2v) is 3.60. The number of aliphatic hydroxyl groups is 1. The second kappa shape index (κ2) is 3.63. The van der Waals surface area contributed by atoms with Crippen molar-refractivity contribution in [3.63, 3.8) is 0 Å². The second-order valence-electron chi connectivity index (χ2n) is 3.60. The number of amides is 1. The normalized spacial score (nSPS) is 24.4. The molecule has 1 atom stereocenters. The summed E-state index contributed by atoms with van der Waals surface area (Å²) >= 11 is 0. The third kappa shape index (κ3) is 1.82. The van der Waals surface area contributed by atoms with E-state index in [2.05, 4.69) is 10.1 Å². The number of carbonyl (C=O) groups is 1. The summed E-state index contributed by atoms with van der Waals surface area (Å²) in [5.41, 5.74) is -3.74. The monoisotopic (exact) mass is 247 g/mol. The number of anilines is 1. The predicted molar refractivity (Wildman–Crippen MR) is 51.4 cm³/mol. The van der Waals surface area contributed by atoms with Gasteiger partial charge in [-0.05, 0) is 6.07 Å². The van der Waals surface area contributed by atoms with Crippen LogP contribution in [0, 0.1) is 0 Å². The number of cyclic esters (lactones) is 1. The van der Waals surface area contributed by atoms with Gasteiger partial charge in [0.1, 0.15) is 6.61 Å². The lowest BCUT2D eigenvalue weighted by atomic mass is 9.92. The molecule has 7 heteroatoms. The number of halogens is 3. The molecule has 0 fully saturated rings. The molecule has 0 radical (unpaired) electrons. The topological polar surface area (TPSA) is 58.6 Å².